The van der Waals surface area contributed by atoms with E-state index in [0.29, 0.717) is 0 Å². The first kappa shape index (κ1) is 13.4. The summed E-state index contributed by atoms with van der Waals surface area (Å²) in [6.45, 7) is 10.5. The summed E-state index contributed by atoms with van der Waals surface area (Å²) in [7, 11) is -0.807. The van der Waals surface area contributed by atoms with Crippen LogP contribution in [0.5, 0.6) is 0 Å². The van der Waals surface area contributed by atoms with Gasteiger partial charge >= 0.3 is 0 Å². The second kappa shape index (κ2) is 6.83. The number of hydrogen-bond donors (Lipinski definition) is 0. The molecule has 0 amide bonds. The number of hydrogen-bond acceptors (Lipinski definition) is 2. The molecular formula is C11H27NOSi2. The van der Waals surface area contributed by atoms with Crippen molar-refractivity contribution in [2.24, 2.45) is 0 Å². The maximum Gasteiger partial charge on any atom is 0.164 e. The quantitative estimate of drug-likeness (QED) is 0.683. The predicted molar refractivity (Wildman–Crippen MR) is 72.4 cm³/mol. The van der Waals surface area contributed by atoms with Crippen LogP contribution >= 0.6 is 0 Å². The lowest BCUT2D eigenvalue weighted by atomic mass is 10.2. The van der Waals surface area contributed by atoms with E-state index in [4.69, 9.17) is 4.43 Å². The van der Waals surface area contributed by atoms with Crippen LogP contribution in [0.15, 0.2) is 0 Å². The van der Waals surface area contributed by atoms with Crippen LogP contribution in [-0.2, 0) is 4.43 Å². The van der Waals surface area contributed by atoms with E-state index in [1.54, 1.807) is 0 Å². The van der Waals surface area contributed by atoms with Crippen LogP contribution in [0.25, 0.3) is 0 Å². The van der Waals surface area contributed by atoms with Gasteiger partial charge in [-0.15, -0.1) is 0 Å². The molecule has 1 heterocycles. The zero-order chi connectivity index (χ0) is 11.3. The third kappa shape index (κ3) is 3.69. The van der Waals surface area contributed by atoms with Crippen molar-refractivity contribution in [3.05, 3.63) is 0 Å². The molecule has 3 atom stereocenters. The van der Waals surface area contributed by atoms with Crippen LogP contribution in [-0.4, -0.2) is 41.0 Å². The Morgan fingerprint density at radius 2 is 1.87 bits per heavy atom. The Kier molecular flexibility index (Phi) is 6.11. The van der Waals surface area contributed by atoms with E-state index in [0.717, 1.165) is 18.7 Å². The van der Waals surface area contributed by atoms with Crippen LogP contribution in [0.4, 0.5) is 0 Å². The third-order valence-electron chi connectivity index (χ3n) is 3.76. The van der Waals surface area contributed by atoms with Crippen molar-refractivity contribution in [1.82, 2.24) is 4.57 Å². The minimum absolute atomic E-state index is 0.164. The summed E-state index contributed by atoms with van der Waals surface area (Å²) in [4.78, 5) is 0. The molecule has 0 spiro atoms. The van der Waals surface area contributed by atoms with E-state index >= 15 is 0 Å². The molecule has 0 saturated carbocycles. The smallest absolute Gasteiger partial charge is 0.164 e. The van der Waals surface area contributed by atoms with Crippen molar-refractivity contribution in [2.75, 3.05) is 6.61 Å². The molecule has 1 saturated heterocycles. The largest absolute Gasteiger partial charge is 0.426 e. The van der Waals surface area contributed by atoms with E-state index in [-0.39, 0.29) is 9.28 Å². The normalized spacial score (nSPS) is 28.2. The van der Waals surface area contributed by atoms with Crippen molar-refractivity contribution in [1.29, 1.82) is 0 Å². The van der Waals surface area contributed by atoms with Gasteiger partial charge in [-0.05, 0) is 37.4 Å². The summed E-state index contributed by atoms with van der Waals surface area (Å²) < 4.78 is 8.69. The lowest BCUT2D eigenvalue weighted by Gasteiger charge is -2.41. The van der Waals surface area contributed by atoms with Gasteiger partial charge in [0.25, 0.3) is 0 Å². The molecule has 1 rings (SSSR count). The van der Waals surface area contributed by atoms with E-state index < -0.39 is 8.48 Å². The summed E-state index contributed by atoms with van der Waals surface area (Å²) in [6.07, 6.45) is 3.91. The predicted octanol–water partition coefficient (Wildman–Crippen LogP) is 1.61. The molecule has 3 unspecified atom stereocenters. The third-order valence-corrected chi connectivity index (χ3v) is 12.0. The van der Waals surface area contributed by atoms with E-state index in [2.05, 4.69) is 32.3 Å². The molecule has 1 fully saturated rings. The fourth-order valence-corrected chi connectivity index (χ4v) is 11.7. The van der Waals surface area contributed by atoms with Crippen molar-refractivity contribution in [3.8, 4) is 0 Å². The van der Waals surface area contributed by atoms with Crippen molar-refractivity contribution in [3.63, 3.8) is 0 Å². The van der Waals surface area contributed by atoms with Gasteiger partial charge < -0.3 is 8.99 Å². The molecule has 0 aromatic heterocycles. The molecule has 1 aliphatic rings. The summed E-state index contributed by atoms with van der Waals surface area (Å²) in [5.74, 6) is 0. The Hall–Kier alpha value is 0.354. The molecule has 0 radical (unpaired) electrons. The molecule has 2 nitrogen and oxygen atoms in total. The standard InChI is InChI=1S/C11H27NOSi2/c1-5-10(3)12(11(4)6-2)15-9-7-8-13-14-15/h10-11,15H,5-9,14H2,1-4H3. The summed E-state index contributed by atoms with van der Waals surface area (Å²) >= 11 is 0. The highest BCUT2D eigenvalue weighted by Crippen LogP contribution is 2.18. The fraction of sp³-hybridized carbons (Fsp3) is 1.00. The maximum atomic E-state index is 5.81. The Labute approximate surface area is 98.8 Å². The minimum atomic E-state index is -0.642. The number of rotatable bonds is 5. The Morgan fingerprint density at radius 1 is 1.27 bits per heavy atom. The molecule has 0 aromatic carbocycles. The topological polar surface area (TPSA) is 12.5 Å². The van der Waals surface area contributed by atoms with Crippen LogP contribution in [0.1, 0.15) is 47.0 Å². The van der Waals surface area contributed by atoms with Gasteiger partial charge in [-0.1, -0.05) is 27.7 Å². The van der Waals surface area contributed by atoms with Gasteiger partial charge in [-0.2, -0.15) is 0 Å². The molecule has 0 aromatic rings. The van der Waals surface area contributed by atoms with Crippen LogP contribution in [0.2, 0.25) is 6.04 Å². The van der Waals surface area contributed by atoms with Gasteiger partial charge in [0.15, 0.2) is 9.28 Å². The highest BCUT2D eigenvalue weighted by molar-refractivity contribution is 7.08. The number of nitrogens with zero attached hydrogens (tertiary/aromatic N) is 1. The van der Waals surface area contributed by atoms with Crippen LogP contribution in [0, 0.1) is 0 Å². The second-order valence-electron chi connectivity index (χ2n) is 4.83. The summed E-state index contributed by atoms with van der Waals surface area (Å²) in [5, 5.41) is 0. The maximum absolute atomic E-state index is 5.81. The van der Waals surface area contributed by atoms with Crippen molar-refractivity contribution >= 4 is 17.8 Å². The lowest BCUT2D eigenvalue weighted by molar-refractivity contribution is 0.252. The zero-order valence-electron chi connectivity index (χ0n) is 10.8. The zero-order valence-corrected chi connectivity index (χ0v) is 13.4. The second-order valence-corrected chi connectivity index (χ2v) is 11.9. The van der Waals surface area contributed by atoms with E-state index in [1.807, 2.05) is 0 Å². The van der Waals surface area contributed by atoms with Crippen molar-refractivity contribution < 1.29 is 4.43 Å². The van der Waals surface area contributed by atoms with Gasteiger partial charge in [0, 0.05) is 6.61 Å². The average molecular weight is 246 g/mol. The lowest BCUT2D eigenvalue weighted by Crippen LogP contribution is -2.55. The SMILES string of the molecule is CCC(C)N(C(C)CC)[SiH]1CCCO[SiH2]1. The average Bonchev–Trinajstić information content (AvgIpc) is 2.30. The Balaban J connectivity index is 2.60. The molecule has 90 valence electrons. The Morgan fingerprint density at radius 3 is 2.27 bits per heavy atom. The highest BCUT2D eigenvalue weighted by atomic mass is 29.2. The minimum Gasteiger partial charge on any atom is -0.426 e. The molecular weight excluding hydrogens is 218 g/mol. The first-order valence-corrected chi connectivity index (χ1v) is 11.7. The molecule has 0 bridgehead atoms. The molecule has 4 heteroatoms. The molecule has 1 aliphatic heterocycles. The van der Waals surface area contributed by atoms with Crippen LogP contribution in [0.3, 0.4) is 0 Å². The Bertz CT molecular complexity index is 164. The van der Waals surface area contributed by atoms with Gasteiger partial charge in [0.2, 0.25) is 0 Å². The van der Waals surface area contributed by atoms with Gasteiger partial charge in [0.1, 0.15) is 8.48 Å². The first-order valence-electron chi connectivity index (χ1n) is 6.55. The first-order chi connectivity index (χ1) is 7.20. The van der Waals surface area contributed by atoms with Gasteiger partial charge in [-0.25, -0.2) is 0 Å². The van der Waals surface area contributed by atoms with Gasteiger partial charge in [-0.3, -0.25) is 0 Å². The molecule has 15 heavy (non-hydrogen) atoms. The molecule has 0 N–H and O–H groups in total. The molecule has 0 aliphatic carbocycles. The fourth-order valence-electron chi connectivity index (χ4n) is 2.53. The summed E-state index contributed by atoms with van der Waals surface area (Å²) in [5.41, 5.74) is 0. The van der Waals surface area contributed by atoms with Gasteiger partial charge in [0.05, 0.1) is 0 Å². The van der Waals surface area contributed by atoms with E-state index in [9.17, 15) is 0 Å². The highest BCUT2D eigenvalue weighted by Gasteiger charge is 2.29. The van der Waals surface area contributed by atoms with Crippen molar-refractivity contribution in [2.45, 2.75) is 65.1 Å². The monoisotopic (exact) mass is 245 g/mol. The van der Waals surface area contributed by atoms with E-state index in [1.165, 1.54) is 25.3 Å². The summed E-state index contributed by atoms with van der Waals surface area (Å²) in [6, 6.07) is 3.08. The van der Waals surface area contributed by atoms with Crippen LogP contribution < -0.4 is 0 Å².